The van der Waals surface area contributed by atoms with Gasteiger partial charge in [-0.15, -0.1) is 0 Å². The van der Waals surface area contributed by atoms with Crippen LogP contribution in [0.25, 0.3) is 11.6 Å². The van der Waals surface area contributed by atoms with Crippen LogP contribution in [0.15, 0.2) is 53.0 Å². The summed E-state index contributed by atoms with van der Waals surface area (Å²) >= 11 is 3.50. The Kier molecular flexibility index (Phi) is 2.76. The first-order chi connectivity index (χ1) is 8.75. The summed E-state index contributed by atoms with van der Waals surface area (Å²) in [5.74, 6) is -0.0549. The van der Waals surface area contributed by atoms with Crippen LogP contribution in [-0.2, 0) is 4.79 Å². The molecule has 3 heteroatoms. The van der Waals surface area contributed by atoms with E-state index in [0.717, 1.165) is 21.3 Å². The average Bonchev–Trinajstić information content (AvgIpc) is 2.69. The maximum atomic E-state index is 12.0. The standard InChI is InChI=1S/C15H10BrNO/c16-12-7-4-8-13-14(12)11(15(18)17-13)9-10-5-2-1-3-6-10/h1-9H,(H,17,18). The third kappa shape index (κ3) is 1.87. The lowest BCUT2D eigenvalue weighted by molar-refractivity contribution is -0.110. The van der Waals surface area contributed by atoms with E-state index in [9.17, 15) is 4.79 Å². The van der Waals surface area contributed by atoms with Crippen LogP contribution in [0, 0.1) is 0 Å². The molecular weight excluding hydrogens is 290 g/mol. The van der Waals surface area contributed by atoms with Gasteiger partial charge < -0.3 is 5.32 Å². The molecule has 2 aromatic carbocycles. The summed E-state index contributed by atoms with van der Waals surface area (Å²) < 4.78 is 0.931. The van der Waals surface area contributed by atoms with Crippen molar-refractivity contribution in [3.63, 3.8) is 0 Å². The van der Waals surface area contributed by atoms with E-state index < -0.39 is 0 Å². The Bertz CT molecular complexity index is 647. The van der Waals surface area contributed by atoms with E-state index in [1.54, 1.807) is 0 Å². The van der Waals surface area contributed by atoms with Gasteiger partial charge in [-0.25, -0.2) is 0 Å². The van der Waals surface area contributed by atoms with Crippen molar-refractivity contribution in [2.75, 3.05) is 5.32 Å². The average molecular weight is 300 g/mol. The van der Waals surface area contributed by atoms with Crippen molar-refractivity contribution >= 4 is 39.2 Å². The van der Waals surface area contributed by atoms with Crippen molar-refractivity contribution in [3.8, 4) is 0 Å². The number of fused-ring (bicyclic) bond motifs is 1. The summed E-state index contributed by atoms with van der Waals surface area (Å²) in [4.78, 5) is 12.0. The highest BCUT2D eigenvalue weighted by molar-refractivity contribution is 9.10. The van der Waals surface area contributed by atoms with Crippen LogP contribution in [0.1, 0.15) is 11.1 Å². The second-order valence-corrected chi connectivity index (χ2v) is 4.94. The predicted octanol–water partition coefficient (Wildman–Crippen LogP) is 3.94. The SMILES string of the molecule is O=C1Nc2cccc(Br)c2C1=Cc1ccccc1. The minimum absolute atomic E-state index is 0.0549. The second-order valence-electron chi connectivity index (χ2n) is 4.09. The Balaban J connectivity index is 2.15. The number of benzene rings is 2. The molecule has 0 unspecified atom stereocenters. The van der Waals surface area contributed by atoms with Crippen LogP contribution >= 0.6 is 15.9 Å². The molecule has 0 radical (unpaired) electrons. The number of halogens is 1. The van der Waals surface area contributed by atoms with E-state index in [1.165, 1.54) is 0 Å². The van der Waals surface area contributed by atoms with Gasteiger partial charge >= 0.3 is 0 Å². The minimum atomic E-state index is -0.0549. The molecule has 0 spiro atoms. The lowest BCUT2D eigenvalue weighted by atomic mass is 10.0. The van der Waals surface area contributed by atoms with Crippen molar-refractivity contribution in [2.24, 2.45) is 0 Å². The molecule has 3 rings (SSSR count). The molecule has 0 bridgehead atoms. The van der Waals surface area contributed by atoms with Crippen molar-refractivity contribution in [1.29, 1.82) is 0 Å². The van der Waals surface area contributed by atoms with Gasteiger partial charge in [0.25, 0.3) is 5.91 Å². The van der Waals surface area contributed by atoms with Crippen LogP contribution in [0.4, 0.5) is 5.69 Å². The summed E-state index contributed by atoms with van der Waals surface area (Å²) in [7, 11) is 0. The lowest BCUT2D eigenvalue weighted by Gasteiger charge is -2.01. The van der Waals surface area contributed by atoms with E-state index in [2.05, 4.69) is 21.2 Å². The summed E-state index contributed by atoms with van der Waals surface area (Å²) in [5.41, 5.74) is 3.51. The van der Waals surface area contributed by atoms with Crippen LogP contribution in [0.5, 0.6) is 0 Å². The molecule has 1 aliphatic heterocycles. The predicted molar refractivity (Wildman–Crippen MR) is 77.1 cm³/mol. The summed E-state index contributed by atoms with van der Waals surface area (Å²) in [6, 6.07) is 15.6. The molecule has 18 heavy (non-hydrogen) atoms. The Morgan fingerprint density at radius 1 is 1.00 bits per heavy atom. The number of nitrogens with one attached hydrogen (secondary N) is 1. The Morgan fingerprint density at radius 2 is 1.78 bits per heavy atom. The zero-order valence-electron chi connectivity index (χ0n) is 9.48. The molecule has 88 valence electrons. The van der Waals surface area contributed by atoms with Crippen LogP contribution in [0.3, 0.4) is 0 Å². The van der Waals surface area contributed by atoms with E-state index in [-0.39, 0.29) is 5.91 Å². The zero-order chi connectivity index (χ0) is 12.5. The Morgan fingerprint density at radius 3 is 2.56 bits per heavy atom. The molecule has 0 saturated heterocycles. The van der Waals surface area contributed by atoms with Gasteiger partial charge in [-0.05, 0) is 23.8 Å². The molecule has 0 aromatic heterocycles. The fraction of sp³-hybridized carbons (Fsp3) is 0. The van der Waals surface area contributed by atoms with Gasteiger partial charge in [-0.1, -0.05) is 52.3 Å². The van der Waals surface area contributed by atoms with E-state index in [0.29, 0.717) is 5.57 Å². The van der Waals surface area contributed by atoms with Crippen LogP contribution in [-0.4, -0.2) is 5.91 Å². The number of rotatable bonds is 1. The number of anilines is 1. The number of hydrogen-bond acceptors (Lipinski definition) is 1. The molecular formula is C15H10BrNO. The summed E-state index contributed by atoms with van der Waals surface area (Å²) in [6.07, 6.45) is 1.91. The van der Waals surface area contributed by atoms with Crippen molar-refractivity contribution in [2.45, 2.75) is 0 Å². The van der Waals surface area contributed by atoms with Gasteiger partial charge in [0.2, 0.25) is 0 Å². The van der Waals surface area contributed by atoms with Gasteiger partial charge in [0.05, 0.1) is 11.3 Å². The molecule has 2 nitrogen and oxygen atoms in total. The number of hydrogen-bond donors (Lipinski definition) is 1. The lowest BCUT2D eigenvalue weighted by Crippen LogP contribution is -2.03. The first-order valence-corrected chi connectivity index (χ1v) is 6.42. The van der Waals surface area contributed by atoms with Crippen molar-refractivity contribution in [3.05, 3.63) is 64.1 Å². The highest BCUT2D eigenvalue weighted by Crippen LogP contribution is 2.38. The minimum Gasteiger partial charge on any atom is -0.321 e. The highest BCUT2D eigenvalue weighted by atomic mass is 79.9. The third-order valence-electron chi connectivity index (χ3n) is 2.89. The van der Waals surface area contributed by atoms with Crippen LogP contribution < -0.4 is 5.32 Å². The molecule has 1 heterocycles. The largest absolute Gasteiger partial charge is 0.321 e. The van der Waals surface area contributed by atoms with Gasteiger partial charge in [0.15, 0.2) is 0 Å². The number of carbonyl (C=O) groups is 1. The van der Waals surface area contributed by atoms with Gasteiger partial charge in [-0.2, -0.15) is 0 Å². The monoisotopic (exact) mass is 299 g/mol. The fourth-order valence-electron chi connectivity index (χ4n) is 2.06. The second kappa shape index (κ2) is 4.42. The van der Waals surface area contributed by atoms with Crippen LogP contribution in [0.2, 0.25) is 0 Å². The normalized spacial score (nSPS) is 15.6. The first kappa shape index (κ1) is 11.2. The zero-order valence-corrected chi connectivity index (χ0v) is 11.1. The molecule has 0 saturated carbocycles. The molecule has 1 aliphatic rings. The summed E-state index contributed by atoms with van der Waals surface area (Å²) in [5, 5.41) is 2.87. The number of amides is 1. The van der Waals surface area contributed by atoms with Crippen molar-refractivity contribution < 1.29 is 4.79 Å². The smallest absolute Gasteiger partial charge is 0.256 e. The molecule has 0 fully saturated rings. The van der Waals surface area contributed by atoms with Gasteiger partial charge in [0.1, 0.15) is 0 Å². The van der Waals surface area contributed by atoms with Gasteiger partial charge in [-0.3, -0.25) is 4.79 Å². The maximum absolute atomic E-state index is 12.0. The highest BCUT2D eigenvalue weighted by Gasteiger charge is 2.25. The third-order valence-corrected chi connectivity index (χ3v) is 3.55. The molecule has 2 aromatic rings. The Labute approximate surface area is 113 Å². The first-order valence-electron chi connectivity index (χ1n) is 5.63. The van der Waals surface area contributed by atoms with Crippen molar-refractivity contribution in [1.82, 2.24) is 0 Å². The molecule has 1 amide bonds. The van der Waals surface area contributed by atoms with E-state index in [4.69, 9.17) is 0 Å². The maximum Gasteiger partial charge on any atom is 0.256 e. The Hall–Kier alpha value is -1.87. The van der Waals surface area contributed by atoms with E-state index in [1.807, 2.05) is 54.6 Å². The summed E-state index contributed by atoms with van der Waals surface area (Å²) in [6.45, 7) is 0. The van der Waals surface area contributed by atoms with E-state index >= 15 is 0 Å². The molecule has 0 aliphatic carbocycles. The van der Waals surface area contributed by atoms with Gasteiger partial charge in [0, 0.05) is 10.0 Å². The number of carbonyl (C=O) groups excluding carboxylic acids is 1. The quantitative estimate of drug-likeness (QED) is 0.794. The fourth-order valence-corrected chi connectivity index (χ4v) is 2.64. The topological polar surface area (TPSA) is 29.1 Å². The molecule has 0 atom stereocenters. The molecule has 1 N–H and O–H groups in total.